The molecule has 5 heteroatoms. The molecule has 2 aliphatic carbocycles. The van der Waals surface area contributed by atoms with Crippen molar-refractivity contribution in [2.45, 2.75) is 89.0 Å². The SMILES string of the molecule is CC(=O)N1c2ccccc2C[C@H]1C(=O)N[C@H]1CCCC[C@@H]1OC1CCCC1. The van der Waals surface area contributed by atoms with E-state index >= 15 is 0 Å². The molecule has 0 unspecified atom stereocenters. The van der Waals surface area contributed by atoms with Crippen LogP contribution in [0.25, 0.3) is 0 Å². The second-order valence-corrected chi connectivity index (χ2v) is 8.22. The molecule has 1 aliphatic heterocycles. The minimum absolute atomic E-state index is 0.0479. The van der Waals surface area contributed by atoms with Crippen LogP contribution < -0.4 is 10.2 Å². The van der Waals surface area contributed by atoms with Gasteiger partial charge in [-0.05, 0) is 37.3 Å². The van der Waals surface area contributed by atoms with Crippen LogP contribution in [0.4, 0.5) is 5.69 Å². The third kappa shape index (κ3) is 3.88. The summed E-state index contributed by atoms with van der Waals surface area (Å²) in [4.78, 5) is 27.0. The van der Waals surface area contributed by atoms with Crippen LogP contribution in [0.1, 0.15) is 63.9 Å². The average molecular weight is 370 g/mol. The lowest BCUT2D eigenvalue weighted by Crippen LogP contribution is -2.54. The molecule has 1 aromatic carbocycles. The number of para-hydroxylation sites is 1. The zero-order valence-corrected chi connectivity index (χ0v) is 16.2. The molecule has 2 amide bonds. The van der Waals surface area contributed by atoms with Crippen LogP contribution in [-0.4, -0.2) is 36.1 Å². The number of carbonyl (C=O) groups is 2. The molecule has 146 valence electrons. The van der Waals surface area contributed by atoms with Gasteiger partial charge in [-0.15, -0.1) is 0 Å². The van der Waals surface area contributed by atoms with Crippen molar-refractivity contribution in [2.75, 3.05) is 4.90 Å². The fraction of sp³-hybridized carbons (Fsp3) is 0.636. The van der Waals surface area contributed by atoms with Crippen molar-refractivity contribution < 1.29 is 14.3 Å². The van der Waals surface area contributed by atoms with Crippen molar-refractivity contribution in [1.82, 2.24) is 5.32 Å². The first-order chi connectivity index (χ1) is 13.1. The number of hydrogen-bond donors (Lipinski definition) is 1. The van der Waals surface area contributed by atoms with E-state index in [1.165, 1.54) is 19.8 Å². The van der Waals surface area contributed by atoms with Gasteiger partial charge in [0, 0.05) is 19.0 Å². The summed E-state index contributed by atoms with van der Waals surface area (Å²) >= 11 is 0. The van der Waals surface area contributed by atoms with Crippen LogP contribution in [0.5, 0.6) is 0 Å². The maximum absolute atomic E-state index is 13.1. The lowest BCUT2D eigenvalue weighted by molar-refractivity contribution is -0.128. The maximum Gasteiger partial charge on any atom is 0.243 e. The molecular formula is C22H30N2O3. The summed E-state index contributed by atoms with van der Waals surface area (Å²) in [5, 5.41) is 3.25. The van der Waals surface area contributed by atoms with Crippen molar-refractivity contribution in [2.24, 2.45) is 0 Å². The van der Waals surface area contributed by atoms with E-state index in [2.05, 4.69) is 5.32 Å². The van der Waals surface area contributed by atoms with Crippen LogP contribution in [0.2, 0.25) is 0 Å². The van der Waals surface area contributed by atoms with E-state index in [1.54, 1.807) is 4.90 Å². The highest BCUT2D eigenvalue weighted by Gasteiger charge is 2.39. The van der Waals surface area contributed by atoms with Gasteiger partial charge < -0.3 is 10.1 Å². The Morgan fingerprint density at radius 2 is 1.74 bits per heavy atom. The zero-order valence-electron chi connectivity index (χ0n) is 16.2. The van der Waals surface area contributed by atoms with Gasteiger partial charge in [0.25, 0.3) is 0 Å². The summed E-state index contributed by atoms with van der Waals surface area (Å²) < 4.78 is 6.37. The molecular weight excluding hydrogens is 340 g/mol. The monoisotopic (exact) mass is 370 g/mol. The highest BCUT2D eigenvalue weighted by molar-refractivity contribution is 6.02. The van der Waals surface area contributed by atoms with Crippen molar-refractivity contribution in [3.63, 3.8) is 0 Å². The van der Waals surface area contributed by atoms with Gasteiger partial charge in [-0.3, -0.25) is 14.5 Å². The molecule has 0 aromatic heterocycles. The fourth-order valence-electron chi connectivity index (χ4n) is 4.96. The molecule has 2 fully saturated rings. The van der Waals surface area contributed by atoms with Gasteiger partial charge in [0.15, 0.2) is 0 Å². The molecule has 2 saturated carbocycles. The second-order valence-electron chi connectivity index (χ2n) is 8.22. The minimum atomic E-state index is -0.450. The van der Waals surface area contributed by atoms with Crippen molar-refractivity contribution in [3.8, 4) is 0 Å². The van der Waals surface area contributed by atoms with E-state index in [-0.39, 0.29) is 24.0 Å². The van der Waals surface area contributed by atoms with E-state index < -0.39 is 6.04 Å². The molecule has 1 aromatic rings. The Bertz CT molecular complexity index is 699. The quantitative estimate of drug-likeness (QED) is 0.884. The van der Waals surface area contributed by atoms with Crippen molar-refractivity contribution in [1.29, 1.82) is 0 Å². The molecule has 1 heterocycles. The topological polar surface area (TPSA) is 58.6 Å². The molecule has 0 spiro atoms. The minimum Gasteiger partial charge on any atom is -0.373 e. The van der Waals surface area contributed by atoms with Gasteiger partial charge in [0.05, 0.1) is 18.2 Å². The highest BCUT2D eigenvalue weighted by Crippen LogP contribution is 2.33. The summed E-state index contributed by atoms with van der Waals surface area (Å²) in [6.45, 7) is 1.54. The number of nitrogens with one attached hydrogen (secondary N) is 1. The third-order valence-corrected chi connectivity index (χ3v) is 6.32. The van der Waals surface area contributed by atoms with Crippen LogP contribution >= 0.6 is 0 Å². The van der Waals surface area contributed by atoms with E-state index in [9.17, 15) is 9.59 Å². The van der Waals surface area contributed by atoms with E-state index in [1.807, 2.05) is 24.3 Å². The normalized spacial score (nSPS) is 28.2. The number of carbonyl (C=O) groups excluding carboxylic acids is 2. The second kappa shape index (κ2) is 8.01. The van der Waals surface area contributed by atoms with Crippen LogP contribution in [0.15, 0.2) is 24.3 Å². The number of fused-ring (bicyclic) bond motifs is 1. The molecule has 3 aliphatic rings. The van der Waals surface area contributed by atoms with E-state index in [0.29, 0.717) is 12.5 Å². The number of nitrogens with zero attached hydrogens (tertiary/aromatic N) is 1. The molecule has 5 nitrogen and oxygen atoms in total. The molecule has 0 saturated heterocycles. The first-order valence-corrected chi connectivity index (χ1v) is 10.5. The largest absolute Gasteiger partial charge is 0.373 e. The molecule has 4 rings (SSSR count). The summed E-state index contributed by atoms with van der Waals surface area (Å²) in [6, 6.07) is 7.42. The van der Waals surface area contributed by atoms with Gasteiger partial charge in [0.2, 0.25) is 11.8 Å². The molecule has 27 heavy (non-hydrogen) atoms. The van der Waals surface area contributed by atoms with Crippen LogP contribution in [-0.2, 0) is 20.7 Å². The lowest BCUT2D eigenvalue weighted by atomic mass is 9.91. The Morgan fingerprint density at radius 3 is 2.52 bits per heavy atom. The Hall–Kier alpha value is -1.88. The summed E-state index contributed by atoms with van der Waals surface area (Å²) in [7, 11) is 0. The fourth-order valence-corrected chi connectivity index (χ4v) is 4.96. The van der Waals surface area contributed by atoms with Crippen molar-refractivity contribution in [3.05, 3.63) is 29.8 Å². The van der Waals surface area contributed by atoms with Gasteiger partial charge in [-0.25, -0.2) is 0 Å². The predicted molar refractivity (Wildman–Crippen MR) is 105 cm³/mol. The molecule has 0 radical (unpaired) electrons. The average Bonchev–Trinajstić information content (AvgIpc) is 3.30. The Balaban J connectivity index is 1.45. The molecule has 0 bridgehead atoms. The number of hydrogen-bond acceptors (Lipinski definition) is 3. The molecule has 3 atom stereocenters. The van der Waals surface area contributed by atoms with Gasteiger partial charge >= 0.3 is 0 Å². The zero-order chi connectivity index (χ0) is 18.8. The van der Waals surface area contributed by atoms with Crippen LogP contribution in [0.3, 0.4) is 0 Å². The number of amides is 2. The smallest absolute Gasteiger partial charge is 0.243 e. The molecule has 1 N–H and O–H groups in total. The van der Waals surface area contributed by atoms with Gasteiger partial charge in [-0.2, -0.15) is 0 Å². The van der Waals surface area contributed by atoms with Gasteiger partial charge in [-0.1, -0.05) is 43.9 Å². The first-order valence-electron chi connectivity index (χ1n) is 10.5. The number of benzene rings is 1. The predicted octanol–water partition coefficient (Wildman–Crippen LogP) is 3.35. The van der Waals surface area contributed by atoms with Crippen molar-refractivity contribution >= 4 is 17.5 Å². The first kappa shape index (κ1) is 18.5. The van der Waals surface area contributed by atoms with Gasteiger partial charge in [0.1, 0.15) is 6.04 Å². The lowest BCUT2D eigenvalue weighted by Gasteiger charge is -2.35. The Labute approximate surface area is 161 Å². The van der Waals surface area contributed by atoms with E-state index in [0.717, 1.165) is 49.8 Å². The summed E-state index contributed by atoms with van der Waals surface area (Å²) in [5.74, 6) is -0.129. The number of ether oxygens (including phenoxy) is 1. The number of rotatable bonds is 4. The highest BCUT2D eigenvalue weighted by atomic mass is 16.5. The third-order valence-electron chi connectivity index (χ3n) is 6.32. The van der Waals surface area contributed by atoms with Crippen LogP contribution in [0, 0.1) is 0 Å². The summed E-state index contributed by atoms with van der Waals surface area (Å²) in [5.41, 5.74) is 1.93. The van der Waals surface area contributed by atoms with E-state index in [4.69, 9.17) is 4.74 Å². The maximum atomic E-state index is 13.1. The Kier molecular flexibility index (Phi) is 5.48. The standard InChI is InChI=1S/C22H30N2O3/c1-15(25)24-19-12-6-2-8-16(19)14-20(24)22(26)23-18-11-5-7-13-21(18)27-17-9-3-4-10-17/h2,6,8,12,17-18,20-21H,3-5,7,9-11,13-14H2,1H3,(H,23,26)/t18-,20-,21-/m0/s1. The number of anilines is 1. The Morgan fingerprint density at radius 1 is 1.04 bits per heavy atom. The summed E-state index contributed by atoms with van der Waals surface area (Å²) in [6.07, 6.45) is 10.1.